The predicted octanol–water partition coefficient (Wildman–Crippen LogP) is 1.44. The third-order valence-corrected chi connectivity index (χ3v) is 2.10. The van der Waals surface area contributed by atoms with Crippen LogP contribution in [-0.4, -0.2) is 24.9 Å². The molecule has 0 fully saturated rings. The average Bonchev–Trinajstić information content (AvgIpc) is 2.22. The number of aliphatic hydroxyl groups excluding tert-OH is 1. The van der Waals surface area contributed by atoms with Crippen molar-refractivity contribution in [3.63, 3.8) is 0 Å². The van der Waals surface area contributed by atoms with Crippen LogP contribution < -0.4 is 0 Å². The van der Waals surface area contributed by atoms with Gasteiger partial charge in [-0.1, -0.05) is 18.2 Å². The Hall–Kier alpha value is -1.44. The lowest BCUT2D eigenvalue weighted by molar-refractivity contribution is 0.0565. The molecule has 0 aromatic heterocycles. The molecule has 0 spiro atoms. The van der Waals surface area contributed by atoms with E-state index in [0.717, 1.165) is 0 Å². The number of methoxy groups -OCH3 is 1. The van der Waals surface area contributed by atoms with Gasteiger partial charge in [-0.2, -0.15) is 5.26 Å². The van der Waals surface area contributed by atoms with Crippen LogP contribution in [0, 0.1) is 17.1 Å². The van der Waals surface area contributed by atoms with Gasteiger partial charge in [-0.05, 0) is 6.07 Å². The summed E-state index contributed by atoms with van der Waals surface area (Å²) in [7, 11) is 1.42. The van der Waals surface area contributed by atoms with Crippen molar-refractivity contribution in [2.24, 2.45) is 0 Å². The molecule has 0 heterocycles. The Morgan fingerprint density at radius 1 is 1.53 bits per heavy atom. The van der Waals surface area contributed by atoms with Gasteiger partial charge in [-0.25, -0.2) is 4.39 Å². The van der Waals surface area contributed by atoms with Gasteiger partial charge >= 0.3 is 0 Å². The van der Waals surface area contributed by atoms with Crippen LogP contribution in [0.1, 0.15) is 11.5 Å². The van der Waals surface area contributed by atoms with Crippen LogP contribution in [-0.2, 0) is 4.74 Å². The zero-order valence-corrected chi connectivity index (χ0v) is 8.35. The van der Waals surface area contributed by atoms with Gasteiger partial charge in [-0.15, -0.1) is 0 Å². The van der Waals surface area contributed by atoms with Gasteiger partial charge in [0.2, 0.25) is 0 Å². The fraction of sp³-hybridized carbons (Fsp3) is 0.364. The normalized spacial score (nSPS) is 14.3. The highest BCUT2D eigenvalue weighted by atomic mass is 19.1. The zero-order chi connectivity index (χ0) is 11.3. The van der Waals surface area contributed by atoms with Gasteiger partial charge in [0, 0.05) is 12.7 Å². The number of rotatable bonds is 4. The van der Waals surface area contributed by atoms with Gasteiger partial charge in [0.25, 0.3) is 0 Å². The van der Waals surface area contributed by atoms with Crippen molar-refractivity contribution in [1.29, 1.82) is 5.26 Å². The Balaban J connectivity index is 2.94. The number of aliphatic hydroxyl groups is 1. The summed E-state index contributed by atoms with van der Waals surface area (Å²) in [5.74, 6) is -1.38. The first-order valence-electron chi connectivity index (χ1n) is 4.51. The lowest BCUT2D eigenvalue weighted by atomic mass is 9.95. The van der Waals surface area contributed by atoms with E-state index in [1.54, 1.807) is 6.07 Å². The van der Waals surface area contributed by atoms with Gasteiger partial charge in [0.05, 0.1) is 18.8 Å². The number of benzene rings is 1. The molecule has 0 radical (unpaired) electrons. The van der Waals surface area contributed by atoms with Crippen molar-refractivity contribution in [3.05, 3.63) is 35.6 Å². The van der Waals surface area contributed by atoms with Crippen molar-refractivity contribution in [3.8, 4) is 6.07 Å². The molecular weight excluding hydrogens is 197 g/mol. The molecule has 1 aromatic rings. The fourth-order valence-corrected chi connectivity index (χ4v) is 1.36. The molecule has 2 atom stereocenters. The van der Waals surface area contributed by atoms with Crippen molar-refractivity contribution < 1.29 is 14.2 Å². The fourth-order valence-electron chi connectivity index (χ4n) is 1.36. The van der Waals surface area contributed by atoms with E-state index < -0.39 is 17.8 Å². The number of ether oxygens (including phenoxy) is 1. The Kier molecular flexibility index (Phi) is 4.22. The largest absolute Gasteiger partial charge is 0.389 e. The first-order chi connectivity index (χ1) is 7.20. The third kappa shape index (κ3) is 2.75. The highest BCUT2D eigenvalue weighted by molar-refractivity contribution is 5.27. The molecule has 0 saturated heterocycles. The molecule has 0 amide bonds. The summed E-state index contributed by atoms with van der Waals surface area (Å²) in [5.41, 5.74) is 0.199. The van der Waals surface area contributed by atoms with E-state index in [-0.39, 0.29) is 12.2 Å². The SMILES string of the molecule is COCC(O)C(C#N)c1ccccc1F. The highest BCUT2D eigenvalue weighted by Crippen LogP contribution is 2.22. The molecule has 1 N–H and O–H groups in total. The molecule has 15 heavy (non-hydrogen) atoms. The number of hydrogen-bond acceptors (Lipinski definition) is 3. The molecular formula is C11H12FNO2. The maximum Gasteiger partial charge on any atom is 0.127 e. The number of halogens is 1. The number of hydrogen-bond donors (Lipinski definition) is 1. The van der Waals surface area contributed by atoms with Gasteiger partial charge in [-0.3, -0.25) is 0 Å². The number of nitriles is 1. The zero-order valence-electron chi connectivity index (χ0n) is 8.35. The number of nitrogens with zero attached hydrogens (tertiary/aromatic N) is 1. The minimum absolute atomic E-state index is 0.00651. The predicted molar refractivity (Wildman–Crippen MR) is 52.6 cm³/mol. The Morgan fingerprint density at radius 3 is 2.73 bits per heavy atom. The maximum atomic E-state index is 13.3. The maximum absolute atomic E-state index is 13.3. The molecule has 3 nitrogen and oxygen atoms in total. The molecule has 0 aliphatic rings. The lowest BCUT2D eigenvalue weighted by Gasteiger charge is -2.16. The second-order valence-corrected chi connectivity index (χ2v) is 3.15. The summed E-state index contributed by atoms with van der Waals surface area (Å²) in [6.07, 6.45) is -1.02. The van der Waals surface area contributed by atoms with Crippen LogP contribution in [0.2, 0.25) is 0 Å². The second-order valence-electron chi connectivity index (χ2n) is 3.15. The van der Waals surface area contributed by atoms with Crippen LogP contribution in [0.15, 0.2) is 24.3 Å². The van der Waals surface area contributed by atoms with E-state index in [2.05, 4.69) is 0 Å². The average molecular weight is 209 g/mol. The van der Waals surface area contributed by atoms with E-state index in [1.807, 2.05) is 6.07 Å². The first-order valence-corrected chi connectivity index (χ1v) is 4.51. The summed E-state index contributed by atoms with van der Waals surface area (Å²) < 4.78 is 18.0. The van der Waals surface area contributed by atoms with Gasteiger partial charge in [0.1, 0.15) is 11.7 Å². The van der Waals surface area contributed by atoms with E-state index in [1.165, 1.54) is 25.3 Å². The summed E-state index contributed by atoms with van der Waals surface area (Å²) in [6.45, 7) is 0.00651. The van der Waals surface area contributed by atoms with Gasteiger partial charge in [0.15, 0.2) is 0 Å². The van der Waals surface area contributed by atoms with E-state index >= 15 is 0 Å². The van der Waals surface area contributed by atoms with Crippen molar-refractivity contribution in [2.45, 2.75) is 12.0 Å². The van der Waals surface area contributed by atoms with Crippen molar-refractivity contribution in [1.82, 2.24) is 0 Å². The van der Waals surface area contributed by atoms with E-state index in [4.69, 9.17) is 10.00 Å². The summed E-state index contributed by atoms with van der Waals surface area (Å²) >= 11 is 0. The summed E-state index contributed by atoms with van der Waals surface area (Å²) in [5, 5.41) is 18.4. The summed E-state index contributed by atoms with van der Waals surface area (Å²) in [4.78, 5) is 0. The molecule has 1 aromatic carbocycles. The molecule has 1 rings (SSSR count). The molecule has 4 heteroatoms. The standard InChI is InChI=1S/C11H12FNO2/c1-15-7-11(14)9(6-13)8-4-2-3-5-10(8)12/h2-5,9,11,14H,7H2,1H3. The molecule has 0 aliphatic carbocycles. The minimum atomic E-state index is -1.02. The van der Waals surface area contributed by atoms with Crippen molar-refractivity contribution >= 4 is 0 Å². The molecule has 0 aliphatic heterocycles. The van der Waals surface area contributed by atoms with E-state index in [0.29, 0.717) is 0 Å². The van der Waals surface area contributed by atoms with Crippen LogP contribution >= 0.6 is 0 Å². The Morgan fingerprint density at radius 2 is 2.20 bits per heavy atom. The van der Waals surface area contributed by atoms with Crippen molar-refractivity contribution in [2.75, 3.05) is 13.7 Å². The highest BCUT2D eigenvalue weighted by Gasteiger charge is 2.23. The molecule has 80 valence electrons. The topological polar surface area (TPSA) is 53.2 Å². The third-order valence-electron chi connectivity index (χ3n) is 2.10. The second kappa shape index (κ2) is 5.44. The van der Waals surface area contributed by atoms with Crippen LogP contribution in [0.5, 0.6) is 0 Å². The Bertz CT molecular complexity index is 362. The quantitative estimate of drug-likeness (QED) is 0.816. The molecule has 0 saturated carbocycles. The van der Waals surface area contributed by atoms with E-state index in [9.17, 15) is 9.50 Å². The van der Waals surface area contributed by atoms with Crippen LogP contribution in [0.3, 0.4) is 0 Å². The monoisotopic (exact) mass is 209 g/mol. The molecule has 0 bridgehead atoms. The smallest absolute Gasteiger partial charge is 0.127 e. The van der Waals surface area contributed by atoms with Gasteiger partial charge < -0.3 is 9.84 Å². The lowest BCUT2D eigenvalue weighted by Crippen LogP contribution is -2.23. The first kappa shape index (κ1) is 11.6. The summed E-state index contributed by atoms with van der Waals surface area (Å²) in [6, 6.07) is 7.79. The Labute approximate surface area is 87.7 Å². The minimum Gasteiger partial charge on any atom is -0.389 e. The molecule has 2 unspecified atom stereocenters. The van der Waals surface area contributed by atoms with Crippen LogP contribution in [0.25, 0.3) is 0 Å². The van der Waals surface area contributed by atoms with Crippen LogP contribution in [0.4, 0.5) is 4.39 Å².